The molecule has 2 nitrogen and oxygen atoms in total. The highest BCUT2D eigenvalue weighted by atomic mass is 16.1. The first-order valence-electron chi connectivity index (χ1n) is 7.22. The molecule has 0 radical (unpaired) electrons. The summed E-state index contributed by atoms with van der Waals surface area (Å²) >= 11 is 0. The van der Waals surface area contributed by atoms with E-state index in [2.05, 4.69) is 38.8 Å². The second-order valence-corrected chi connectivity index (χ2v) is 6.67. The van der Waals surface area contributed by atoms with Crippen molar-refractivity contribution in [3.8, 4) is 0 Å². The summed E-state index contributed by atoms with van der Waals surface area (Å²) in [5.41, 5.74) is 3.72. The van der Waals surface area contributed by atoms with Crippen LogP contribution < -0.4 is 4.90 Å². The molecule has 1 aliphatic rings. The zero-order valence-electron chi connectivity index (χ0n) is 12.6. The molecule has 1 aliphatic carbocycles. The van der Waals surface area contributed by atoms with Crippen molar-refractivity contribution in [3.05, 3.63) is 29.3 Å². The zero-order valence-corrected chi connectivity index (χ0v) is 12.6. The van der Waals surface area contributed by atoms with Crippen LogP contribution in [0.2, 0.25) is 0 Å². The lowest BCUT2D eigenvalue weighted by Crippen LogP contribution is -2.37. The summed E-state index contributed by atoms with van der Waals surface area (Å²) in [6.07, 6.45) is 6.04. The summed E-state index contributed by atoms with van der Waals surface area (Å²) in [4.78, 5) is 13.2. The fourth-order valence-electron chi connectivity index (χ4n) is 3.12. The van der Waals surface area contributed by atoms with E-state index in [-0.39, 0.29) is 0 Å². The average Bonchev–Trinajstić information content (AvgIpc) is 2.37. The fraction of sp³-hybridized carbons (Fsp3) is 0.588. The molecule has 1 saturated carbocycles. The SMILES string of the molecule is Cc1cc(C=O)ccc1N(C)C1CCC(C)(C)CC1. The Kier molecular flexibility index (Phi) is 3.98. The van der Waals surface area contributed by atoms with E-state index in [1.165, 1.54) is 36.9 Å². The minimum Gasteiger partial charge on any atom is -0.371 e. The summed E-state index contributed by atoms with van der Waals surface area (Å²) in [5, 5.41) is 0. The molecule has 2 heteroatoms. The van der Waals surface area contributed by atoms with Gasteiger partial charge in [0.1, 0.15) is 6.29 Å². The van der Waals surface area contributed by atoms with Gasteiger partial charge in [-0.05, 0) is 61.8 Å². The van der Waals surface area contributed by atoms with Gasteiger partial charge >= 0.3 is 0 Å². The molecule has 1 aromatic carbocycles. The Labute approximate surface area is 116 Å². The molecule has 0 amide bonds. The molecular weight excluding hydrogens is 234 g/mol. The Balaban J connectivity index is 2.12. The molecule has 104 valence electrons. The Morgan fingerprint density at radius 1 is 1.26 bits per heavy atom. The third-order valence-electron chi connectivity index (χ3n) is 4.59. The van der Waals surface area contributed by atoms with Gasteiger partial charge in [-0.1, -0.05) is 13.8 Å². The number of anilines is 1. The molecule has 0 aromatic heterocycles. The summed E-state index contributed by atoms with van der Waals surface area (Å²) in [7, 11) is 2.19. The predicted molar refractivity (Wildman–Crippen MR) is 81.0 cm³/mol. The molecule has 1 fully saturated rings. The van der Waals surface area contributed by atoms with Crippen molar-refractivity contribution >= 4 is 12.0 Å². The summed E-state index contributed by atoms with van der Waals surface area (Å²) in [6, 6.07) is 6.61. The first-order chi connectivity index (χ1) is 8.93. The third-order valence-corrected chi connectivity index (χ3v) is 4.59. The Morgan fingerprint density at radius 3 is 2.42 bits per heavy atom. The monoisotopic (exact) mass is 259 g/mol. The van der Waals surface area contributed by atoms with E-state index in [9.17, 15) is 4.79 Å². The minimum atomic E-state index is 0.508. The molecule has 1 aromatic rings. The number of nitrogens with zero attached hydrogens (tertiary/aromatic N) is 1. The van der Waals surface area contributed by atoms with Crippen LogP contribution in [0, 0.1) is 12.3 Å². The largest absolute Gasteiger partial charge is 0.371 e. The Morgan fingerprint density at radius 2 is 1.89 bits per heavy atom. The average molecular weight is 259 g/mol. The minimum absolute atomic E-state index is 0.508. The van der Waals surface area contributed by atoms with Gasteiger partial charge in [0, 0.05) is 24.3 Å². The number of aryl methyl sites for hydroxylation is 1. The smallest absolute Gasteiger partial charge is 0.150 e. The van der Waals surface area contributed by atoms with Crippen molar-refractivity contribution in [1.82, 2.24) is 0 Å². The van der Waals surface area contributed by atoms with Crippen LogP contribution in [0.5, 0.6) is 0 Å². The maximum absolute atomic E-state index is 10.8. The van der Waals surface area contributed by atoms with Crippen molar-refractivity contribution in [1.29, 1.82) is 0 Å². The molecule has 0 unspecified atom stereocenters. The van der Waals surface area contributed by atoms with Crippen LogP contribution in [0.15, 0.2) is 18.2 Å². The number of rotatable bonds is 3. The molecule has 0 spiro atoms. The van der Waals surface area contributed by atoms with Gasteiger partial charge in [0.2, 0.25) is 0 Å². The first-order valence-corrected chi connectivity index (χ1v) is 7.22. The van der Waals surface area contributed by atoms with Crippen LogP contribution in [-0.2, 0) is 0 Å². The van der Waals surface area contributed by atoms with Gasteiger partial charge in [-0.25, -0.2) is 0 Å². The number of aldehydes is 1. The lowest BCUT2D eigenvalue weighted by Gasteiger charge is -2.40. The third kappa shape index (κ3) is 3.17. The second-order valence-electron chi connectivity index (χ2n) is 6.67. The summed E-state index contributed by atoms with van der Waals surface area (Å²) in [5.74, 6) is 0. The molecule has 0 atom stereocenters. The van der Waals surface area contributed by atoms with Crippen LogP contribution >= 0.6 is 0 Å². The van der Waals surface area contributed by atoms with Crippen LogP contribution in [0.1, 0.15) is 55.5 Å². The molecule has 19 heavy (non-hydrogen) atoms. The van der Waals surface area contributed by atoms with Gasteiger partial charge in [-0.3, -0.25) is 4.79 Å². The first kappa shape index (κ1) is 14.1. The number of benzene rings is 1. The molecule has 0 heterocycles. The number of carbonyl (C=O) groups is 1. The van der Waals surface area contributed by atoms with Crippen molar-refractivity contribution < 1.29 is 4.79 Å². The predicted octanol–water partition coefficient (Wildman–Crippen LogP) is 4.21. The topological polar surface area (TPSA) is 20.3 Å². The van der Waals surface area contributed by atoms with Crippen molar-refractivity contribution in [2.75, 3.05) is 11.9 Å². The van der Waals surface area contributed by atoms with Gasteiger partial charge in [0.05, 0.1) is 0 Å². The Hall–Kier alpha value is -1.31. The lowest BCUT2D eigenvalue weighted by molar-refractivity contribution is 0.112. The van der Waals surface area contributed by atoms with Gasteiger partial charge in [0.15, 0.2) is 0 Å². The van der Waals surface area contributed by atoms with Crippen LogP contribution in [0.4, 0.5) is 5.69 Å². The molecule has 0 N–H and O–H groups in total. The maximum Gasteiger partial charge on any atom is 0.150 e. The summed E-state index contributed by atoms with van der Waals surface area (Å²) in [6.45, 7) is 6.83. The fourth-order valence-corrected chi connectivity index (χ4v) is 3.12. The van der Waals surface area contributed by atoms with E-state index in [1.54, 1.807) is 0 Å². The molecule has 0 aliphatic heterocycles. The number of hydrogen-bond acceptors (Lipinski definition) is 2. The van der Waals surface area contributed by atoms with Gasteiger partial charge in [-0.2, -0.15) is 0 Å². The lowest BCUT2D eigenvalue weighted by atomic mass is 9.75. The van der Waals surface area contributed by atoms with E-state index < -0.39 is 0 Å². The van der Waals surface area contributed by atoms with E-state index in [0.29, 0.717) is 11.5 Å². The highest BCUT2D eigenvalue weighted by Crippen LogP contribution is 2.38. The zero-order chi connectivity index (χ0) is 14.0. The maximum atomic E-state index is 10.8. The highest BCUT2D eigenvalue weighted by molar-refractivity contribution is 5.77. The van der Waals surface area contributed by atoms with Gasteiger partial charge in [-0.15, -0.1) is 0 Å². The molecule has 0 bridgehead atoms. The normalized spacial score (nSPS) is 19.2. The number of carbonyl (C=O) groups excluding carboxylic acids is 1. The molecule has 2 rings (SSSR count). The number of hydrogen-bond donors (Lipinski definition) is 0. The quantitative estimate of drug-likeness (QED) is 0.758. The van der Waals surface area contributed by atoms with Crippen LogP contribution in [-0.4, -0.2) is 19.4 Å². The second kappa shape index (κ2) is 5.36. The van der Waals surface area contributed by atoms with Gasteiger partial charge in [0.25, 0.3) is 0 Å². The highest BCUT2D eigenvalue weighted by Gasteiger charge is 2.29. The molecule has 0 saturated heterocycles. The van der Waals surface area contributed by atoms with E-state index >= 15 is 0 Å². The van der Waals surface area contributed by atoms with Crippen molar-refractivity contribution in [2.45, 2.75) is 52.5 Å². The summed E-state index contributed by atoms with van der Waals surface area (Å²) < 4.78 is 0. The molecular formula is C17H25NO. The van der Waals surface area contributed by atoms with E-state index in [1.807, 2.05) is 12.1 Å². The van der Waals surface area contributed by atoms with E-state index in [0.717, 1.165) is 11.8 Å². The van der Waals surface area contributed by atoms with Crippen LogP contribution in [0.3, 0.4) is 0 Å². The van der Waals surface area contributed by atoms with Crippen molar-refractivity contribution in [3.63, 3.8) is 0 Å². The van der Waals surface area contributed by atoms with Crippen molar-refractivity contribution in [2.24, 2.45) is 5.41 Å². The van der Waals surface area contributed by atoms with Crippen LogP contribution in [0.25, 0.3) is 0 Å². The standard InChI is InChI=1S/C17H25NO/c1-13-11-14(12-19)5-6-16(13)18(4)15-7-9-17(2,3)10-8-15/h5-6,11-12,15H,7-10H2,1-4H3. The van der Waals surface area contributed by atoms with E-state index in [4.69, 9.17) is 0 Å². The van der Waals surface area contributed by atoms with Gasteiger partial charge < -0.3 is 4.90 Å². The Bertz CT molecular complexity index is 454.